The Hall–Kier alpha value is -3.18. The first kappa shape index (κ1) is 20.4. The summed E-state index contributed by atoms with van der Waals surface area (Å²) in [7, 11) is 1.81. The molecule has 2 aliphatic carbocycles. The Bertz CT molecular complexity index is 1300. The monoisotopic (exact) mass is 443 g/mol. The van der Waals surface area contributed by atoms with Crippen molar-refractivity contribution in [3.8, 4) is 5.82 Å². The summed E-state index contributed by atoms with van der Waals surface area (Å²) in [6, 6.07) is 8.28. The molecule has 8 heteroatoms. The zero-order valence-corrected chi connectivity index (χ0v) is 19.3. The van der Waals surface area contributed by atoms with E-state index < -0.39 is 5.60 Å². The van der Waals surface area contributed by atoms with Crippen LogP contribution >= 0.6 is 0 Å². The lowest BCUT2D eigenvalue weighted by atomic mass is 9.90. The van der Waals surface area contributed by atoms with Crippen molar-refractivity contribution in [3.63, 3.8) is 0 Å². The summed E-state index contributed by atoms with van der Waals surface area (Å²) in [6.07, 6.45) is 6.07. The van der Waals surface area contributed by atoms with Crippen LogP contribution in [0.2, 0.25) is 0 Å². The molecule has 8 nitrogen and oxygen atoms in total. The SMILES string of the molecule is [C-]#[N+]C1(c2ccc3cnn(-c4cc(N5CC[C@@H](C(C)(C)O)C5)nc(NC)n4)c3c2)CC12CC2. The van der Waals surface area contributed by atoms with E-state index in [1.165, 1.54) is 0 Å². The Labute approximate surface area is 193 Å². The van der Waals surface area contributed by atoms with Crippen molar-refractivity contribution in [2.75, 3.05) is 30.4 Å². The summed E-state index contributed by atoms with van der Waals surface area (Å²) in [4.78, 5) is 15.7. The highest BCUT2D eigenvalue weighted by Crippen LogP contribution is 2.79. The zero-order chi connectivity index (χ0) is 23.0. The summed E-state index contributed by atoms with van der Waals surface area (Å²) in [6.45, 7) is 13.2. The molecular formula is C25H29N7O. The van der Waals surface area contributed by atoms with E-state index >= 15 is 0 Å². The van der Waals surface area contributed by atoms with E-state index in [-0.39, 0.29) is 16.9 Å². The molecule has 2 aromatic heterocycles. The van der Waals surface area contributed by atoms with Gasteiger partial charge in [-0.25, -0.2) is 11.3 Å². The molecule has 170 valence electrons. The van der Waals surface area contributed by atoms with Crippen molar-refractivity contribution in [2.45, 2.75) is 50.7 Å². The second-order valence-corrected chi connectivity index (χ2v) is 10.5. The van der Waals surface area contributed by atoms with Gasteiger partial charge in [-0.2, -0.15) is 15.1 Å². The Kier molecular flexibility index (Phi) is 4.13. The average Bonchev–Trinajstić information content (AvgIpc) is 3.55. The standard InChI is InChI=1S/C25H29N7O/c1-23(2,33)18-7-10-31(14-18)20-12-21(30-22(26-3)29-20)32-19-11-17(6-5-16(19)13-28-32)25(27-4)15-24(25)8-9-24/h5-6,11-13,18,33H,7-10,14-15H2,1-3H3,(H,26,29,30)/t18-,25?/m1/s1. The van der Waals surface area contributed by atoms with Crippen LogP contribution < -0.4 is 10.2 Å². The number of benzene rings is 1. The fourth-order valence-electron chi connectivity index (χ4n) is 5.63. The van der Waals surface area contributed by atoms with Crippen LogP contribution in [0.5, 0.6) is 0 Å². The molecule has 2 saturated carbocycles. The molecule has 1 saturated heterocycles. The molecule has 3 heterocycles. The minimum atomic E-state index is -0.717. The number of aromatic nitrogens is 4. The molecule has 1 aliphatic heterocycles. The van der Waals surface area contributed by atoms with Gasteiger partial charge in [0.15, 0.2) is 5.82 Å². The van der Waals surface area contributed by atoms with Gasteiger partial charge in [0.2, 0.25) is 5.95 Å². The van der Waals surface area contributed by atoms with Crippen molar-refractivity contribution >= 4 is 22.7 Å². The van der Waals surface area contributed by atoms with E-state index in [0.29, 0.717) is 11.8 Å². The molecule has 1 unspecified atom stereocenters. The summed E-state index contributed by atoms with van der Waals surface area (Å²) >= 11 is 0. The number of nitrogens with one attached hydrogen (secondary N) is 1. The van der Waals surface area contributed by atoms with Gasteiger partial charge in [-0.3, -0.25) is 0 Å². The van der Waals surface area contributed by atoms with Gasteiger partial charge in [0.1, 0.15) is 5.82 Å². The lowest BCUT2D eigenvalue weighted by Gasteiger charge is -2.26. The van der Waals surface area contributed by atoms with Gasteiger partial charge in [0.05, 0.1) is 22.7 Å². The molecule has 1 spiro atoms. The molecule has 2 N–H and O–H groups in total. The molecule has 2 atom stereocenters. The Balaban J connectivity index is 1.40. The Morgan fingerprint density at radius 2 is 2.00 bits per heavy atom. The first-order valence-electron chi connectivity index (χ1n) is 11.7. The van der Waals surface area contributed by atoms with Crippen LogP contribution in [0.4, 0.5) is 11.8 Å². The van der Waals surface area contributed by atoms with E-state index in [4.69, 9.17) is 11.6 Å². The maximum atomic E-state index is 10.5. The molecule has 0 amide bonds. The summed E-state index contributed by atoms with van der Waals surface area (Å²) in [5, 5.41) is 19.2. The van der Waals surface area contributed by atoms with Crippen LogP contribution in [-0.2, 0) is 5.54 Å². The van der Waals surface area contributed by atoms with Gasteiger partial charge in [0, 0.05) is 49.5 Å². The van der Waals surface area contributed by atoms with Gasteiger partial charge in [-0.1, -0.05) is 12.1 Å². The fraction of sp³-hybridized carbons (Fsp3) is 0.520. The maximum absolute atomic E-state index is 10.5. The van der Waals surface area contributed by atoms with Crippen LogP contribution in [-0.4, -0.2) is 50.6 Å². The van der Waals surface area contributed by atoms with Gasteiger partial charge in [-0.05, 0) is 39.2 Å². The molecule has 3 fully saturated rings. The number of aliphatic hydroxyl groups is 1. The summed E-state index contributed by atoms with van der Waals surface area (Å²) in [5.74, 6) is 2.25. The highest BCUT2D eigenvalue weighted by atomic mass is 16.3. The number of anilines is 2. The number of hydrogen-bond acceptors (Lipinski definition) is 6. The maximum Gasteiger partial charge on any atom is 0.264 e. The van der Waals surface area contributed by atoms with Crippen LogP contribution in [0, 0.1) is 17.9 Å². The number of rotatable bonds is 5. The van der Waals surface area contributed by atoms with Gasteiger partial charge in [0.25, 0.3) is 5.54 Å². The van der Waals surface area contributed by atoms with E-state index in [0.717, 1.165) is 61.1 Å². The van der Waals surface area contributed by atoms with E-state index in [2.05, 4.69) is 43.3 Å². The summed E-state index contributed by atoms with van der Waals surface area (Å²) in [5.41, 5.74) is 1.21. The molecule has 0 bridgehead atoms. The van der Waals surface area contributed by atoms with Crippen LogP contribution in [0.15, 0.2) is 30.5 Å². The van der Waals surface area contributed by atoms with Crippen LogP contribution in [0.1, 0.15) is 45.1 Å². The van der Waals surface area contributed by atoms with Crippen LogP contribution in [0.3, 0.4) is 0 Å². The quantitative estimate of drug-likeness (QED) is 0.585. The Morgan fingerprint density at radius 1 is 1.21 bits per heavy atom. The third-order valence-corrected chi connectivity index (χ3v) is 8.09. The fourth-order valence-corrected chi connectivity index (χ4v) is 5.63. The van der Waals surface area contributed by atoms with Gasteiger partial charge in [-0.15, -0.1) is 0 Å². The molecule has 1 aromatic carbocycles. The first-order valence-corrected chi connectivity index (χ1v) is 11.7. The highest BCUT2D eigenvalue weighted by Gasteiger charge is 2.82. The Morgan fingerprint density at radius 3 is 2.64 bits per heavy atom. The van der Waals surface area contributed by atoms with Gasteiger partial charge >= 0.3 is 0 Å². The van der Waals surface area contributed by atoms with E-state index in [1.54, 1.807) is 0 Å². The normalized spacial score (nSPS) is 25.4. The predicted molar refractivity (Wildman–Crippen MR) is 127 cm³/mol. The van der Waals surface area contributed by atoms with Crippen molar-refractivity contribution in [1.82, 2.24) is 19.7 Å². The predicted octanol–water partition coefficient (Wildman–Crippen LogP) is 3.75. The van der Waals surface area contributed by atoms with E-state index in [1.807, 2.05) is 37.8 Å². The number of hydrogen-bond donors (Lipinski definition) is 2. The third-order valence-electron chi connectivity index (χ3n) is 8.09. The van der Waals surface area contributed by atoms with Crippen molar-refractivity contribution < 1.29 is 5.11 Å². The second kappa shape index (κ2) is 6.67. The van der Waals surface area contributed by atoms with Crippen molar-refractivity contribution in [2.24, 2.45) is 11.3 Å². The lowest BCUT2D eigenvalue weighted by Crippen LogP contribution is -2.33. The van der Waals surface area contributed by atoms with Gasteiger partial charge < -0.3 is 20.2 Å². The topological polar surface area (TPSA) is 83.5 Å². The third kappa shape index (κ3) is 3.02. The number of fused-ring (bicyclic) bond motifs is 1. The minimum absolute atomic E-state index is 0.195. The largest absolute Gasteiger partial charge is 0.390 e. The smallest absolute Gasteiger partial charge is 0.264 e. The lowest BCUT2D eigenvalue weighted by molar-refractivity contribution is 0.0263. The van der Waals surface area contributed by atoms with Crippen molar-refractivity contribution in [3.05, 3.63) is 47.4 Å². The second-order valence-electron chi connectivity index (χ2n) is 10.5. The summed E-state index contributed by atoms with van der Waals surface area (Å²) < 4.78 is 1.86. The van der Waals surface area contributed by atoms with E-state index in [9.17, 15) is 5.11 Å². The highest BCUT2D eigenvalue weighted by molar-refractivity contribution is 5.81. The molecule has 0 radical (unpaired) electrons. The van der Waals surface area contributed by atoms with Crippen molar-refractivity contribution in [1.29, 1.82) is 0 Å². The zero-order valence-electron chi connectivity index (χ0n) is 19.3. The van der Waals surface area contributed by atoms with Crippen LogP contribution in [0.25, 0.3) is 21.6 Å². The molecule has 3 aromatic rings. The number of nitrogens with zero attached hydrogens (tertiary/aromatic N) is 6. The average molecular weight is 444 g/mol. The molecule has 6 rings (SSSR count). The molecule has 33 heavy (non-hydrogen) atoms. The minimum Gasteiger partial charge on any atom is -0.390 e. The molecule has 3 aliphatic rings. The first-order chi connectivity index (χ1) is 15.8. The molecular weight excluding hydrogens is 414 g/mol.